The first-order valence-electron chi connectivity index (χ1n) is 18.3. The molecule has 46 heavy (non-hydrogen) atoms. The van der Waals surface area contributed by atoms with Crippen LogP contribution in [0.25, 0.3) is 0 Å². The van der Waals surface area contributed by atoms with E-state index in [0.717, 1.165) is 94.2 Å². The zero-order chi connectivity index (χ0) is 34.2. The molecular weight excluding hydrogens is 568 g/mol. The third-order valence-corrected chi connectivity index (χ3v) is 11.5. The fraction of sp³-hybridized carbons (Fsp3) is 0.846. The molecule has 6 unspecified atom stereocenters. The highest BCUT2D eigenvalue weighted by atomic mass is 16.3. The van der Waals surface area contributed by atoms with E-state index in [1.807, 2.05) is 0 Å². The Hall–Kier alpha value is -1.22. The monoisotopic (exact) mass is 641 g/mol. The number of phenolic OH excluding ortho intramolecular Hbond substituents is 1. The fourth-order valence-electron chi connectivity index (χ4n) is 11.3. The summed E-state index contributed by atoms with van der Waals surface area (Å²) in [7, 11) is 0. The zero-order valence-electron chi connectivity index (χ0n) is 31.2. The average molecular weight is 641 g/mol. The number of benzene rings is 1. The summed E-state index contributed by atoms with van der Waals surface area (Å²) in [6, 6.07) is 5.08. The molecule has 0 aromatic heterocycles. The lowest BCUT2D eigenvalue weighted by Gasteiger charge is -2.46. The number of hydrogen-bond donors (Lipinski definition) is 7. The van der Waals surface area contributed by atoms with Crippen LogP contribution in [0.2, 0.25) is 0 Å². The maximum atomic E-state index is 11.8. The lowest BCUT2D eigenvalue weighted by Crippen LogP contribution is -2.47. The van der Waals surface area contributed by atoms with Gasteiger partial charge in [-0.3, -0.25) is 0 Å². The van der Waals surface area contributed by atoms with Crippen molar-refractivity contribution in [3.63, 3.8) is 0 Å². The van der Waals surface area contributed by atoms with Crippen LogP contribution >= 0.6 is 0 Å². The molecule has 0 heterocycles. The van der Waals surface area contributed by atoms with Gasteiger partial charge in [0, 0.05) is 68.5 Å². The minimum Gasteiger partial charge on any atom is -0.507 e. The Morgan fingerprint density at radius 3 is 1.24 bits per heavy atom. The maximum Gasteiger partial charge on any atom is 0.124 e. The molecule has 0 radical (unpaired) electrons. The molecule has 7 heteroatoms. The van der Waals surface area contributed by atoms with Crippen LogP contribution in [-0.4, -0.2) is 42.9 Å². The summed E-state index contributed by atoms with van der Waals surface area (Å²) in [5, 5.41) is 23.0. The maximum absolute atomic E-state index is 11.8. The van der Waals surface area contributed by atoms with E-state index in [1.54, 1.807) is 0 Å². The van der Waals surface area contributed by atoms with Crippen molar-refractivity contribution in [3.05, 3.63) is 28.8 Å². The molecule has 3 fully saturated rings. The van der Waals surface area contributed by atoms with Crippen LogP contribution in [0.4, 0.5) is 0 Å². The normalized spacial score (nSPS) is 35.6. The highest BCUT2D eigenvalue weighted by Crippen LogP contribution is 2.47. The third-order valence-electron chi connectivity index (χ3n) is 11.5. The van der Waals surface area contributed by atoms with Crippen LogP contribution in [0.15, 0.2) is 12.1 Å². The first kappa shape index (κ1) is 37.6. The summed E-state index contributed by atoms with van der Waals surface area (Å²) in [5.74, 6) is 0.419. The summed E-state index contributed by atoms with van der Waals surface area (Å²) in [5.41, 5.74) is 23.9. The quantitative estimate of drug-likeness (QED) is 0.143. The smallest absolute Gasteiger partial charge is 0.124 e. The molecule has 1 aromatic carbocycles. The largest absolute Gasteiger partial charge is 0.507 e. The van der Waals surface area contributed by atoms with Crippen molar-refractivity contribution in [2.75, 3.05) is 19.6 Å². The van der Waals surface area contributed by atoms with Gasteiger partial charge < -0.3 is 38.3 Å². The number of hydrogen-bond acceptors (Lipinski definition) is 7. The van der Waals surface area contributed by atoms with E-state index < -0.39 is 0 Å². The SMILES string of the molecule is CC1(C)CC(N)CC(C)(CNCc2ccc(CNCC3(C)CC(N)CC(C)(C)C3)c(CNCC3(C)CC(N)CC(C)(C)C3)c2O)C1. The topological polar surface area (TPSA) is 134 Å². The molecule has 0 saturated heterocycles. The number of rotatable bonds is 12. The van der Waals surface area contributed by atoms with Gasteiger partial charge in [-0.15, -0.1) is 0 Å². The lowest BCUT2D eigenvalue weighted by molar-refractivity contribution is 0.0816. The van der Waals surface area contributed by atoms with E-state index in [-0.39, 0.29) is 50.6 Å². The first-order chi connectivity index (χ1) is 21.1. The number of nitrogens with two attached hydrogens (primary N) is 3. The Labute approximate surface area is 282 Å². The third kappa shape index (κ3) is 10.4. The minimum atomic E-state index is 0.138. The molecule has 0 bridgehead atoms. The van der Waals surface area contributed by atoms with Crippen LogP contribution in [0.3, 0.4) is 0 Å². The van der Waals surface area contributed by atoms with Gasteiger partial charge in [-0.25, -0.2) is 0 Å². The Bertz CT molecular complexity index is 1180. The van der Waals surface area contributed by atoms with Crippen molar-refractivity contribution >= 4 is 0 Å². The molecule has 0 amide bonds. The van der Waals surface area contributed by atoms with E-state index in [4.69, 9.17) is 17.2 Å². The highest BCUT2D eigenvalue weighted by Gasteiger charge is 2.42. The van der Waals surface area contributed by atoms with Gasteiger partial charge in [-0.1, -0.05) is 74.4 Å². The second-order valence-electron chi connectivity index (χ2n) is 20.0. The van der Waals surface area contributed by atoms with Crippen LogP contribution in [-0.2, 0) is 19.6 Å². The van der Waals surface area contributed by atoms with Gasteiger partial charge in [0.05, 0.1) is 0 Å². The molecule has 0 spiro atoms. The van der Waals surface area contributed by atoms with E-state index >= 15 is 0 Å². The second kappa shape index (κ2) is 14.0. The Morgan fingerprint density at radius 1 is 0.543 bits per heavy atom. The second-order valence-corrected chi connectivity index (χ2v) is 20.0. The van der Waals surface area contributed by atoms with E-state index in [0.29, 0.717) is 18.8 Å². The Balaban J connectivity index is 1.46. The zero-order valence-corrected chi connectivity index (χ0v) is 31.2. The molecule has 10 N–H and O–H groups in total. The van der Waals surface area contributed by atoms with Crippen molar-refractivity contribution < 1.29 is 5.11 Å². The van der Waals surface area contributed by atoms with Gasteiger partial charge in [0.1, 0.15) is 5.75 Å². The van der Waals surface area contributed by atoms with Gasteiger partial charge >= 0.3 is 0 Å². The Kier molecular flexibility index (Phi) is 11.4. The van der Waals surface area contributed by atoms with Gasteiger partial charge in [0.2, 0.25) is 0 Å². The first-order valence-corrected chi connectivity index (χ1v) is 18.3. The van der Waals surface area contributed by atoms with Gasteiger partial charge in [0.15, 0.2) is 0 Å². The molecule has 6 atom stereocenters. The van der Waals surface area contributed by atoms with Crippen LogP contribution in [0.5, 0.6) is 5.75 Å². The van der Waals surface area contributed by atoms with Crippen molar-refractivity contribution in [3.8, 4) is 5.75 Å². The van der Waals surface area contributed by atoms with Gasteiger partial charge in [-0.05, 0) is 95.8 Å². The summed E-state index contributed by atoms with van der Waals surface area (Å²) >= 11 is 0. The molecule has 264 valence electrons. The van der Waals surface area contributed by atoms with Crippen LogP contribution in [0, 0.1) is 32.5 Å². The van der Waals surface area contributed by atoms with E-state index in [1.165, 1.54) is 6.42 Å². The van der Waals surface area contributed by atoms with Gasteiger partial charge in [-0.2, -0.15) is 0 Å². The van der Waals surface area contributed by atoms with Crippen molar-refractivity contribution in [2.24, 2.45) is 49.7 Å². The van der Waals surface area contributed by atoms with Crippen LogP contribution < -0.4 is 33.2 Å². The van der Waals surface area contributed by atoms with Crippen molar-refractivity contribution in [2.45, 2.75) is 158 Å². The Morgan fingerprint density at radius 2 is 0.870 bits per heavy atom. The molecule has 4 rings (SSSR count). The fourth-order valence-corrected chi connectivity index (χ4v) is 11.3. The summed E-state index contributed by atoms with van der Waals surface area (Å²) < 4.78 is 0. The predicted molar refractivity (Wildman–Crippen MR) is 194 cm³/mol. The van der Waals surface area contributed by atoms with Crippen molar-refractivity contribution in [1.82, 2.24) is 16.0 Å². The summed E-state index contributed by atoms with van der Waals surface area (Å²) in [6.07, 6.45) is 9.86. The number of aromatic hydroxyl groups is 1. The molecule has 0 aliphatic heterocycles. The summed E-state index contributed by atoms with van der Waals surface area (Å²) in [4.78, 5) is 0. The molecule has 7 nitrogen and oxygen atoms in total. The van der Waals surface area contributed by atoms with Gasteiger partial charge in [0.25, 0.3) is 0 Å². The minimum absolute atomic E-state index is 0.138. The van der Waals surface area contributed by atoms with E-state index in [2.05, 4.69) is 90.4 Å². The molecule has 1 aromatic rings. The standard InChI is InChI=1S/C39H72N6O/c1-34(2)12-29(40)15-37(7,21-34)24-43-18-27-10-11-28(19-44-25-38(8)16-30(41)13-35(3,4)22-38)33(46)32(27)20-45-26-39(9)17-31(42)14-36(5,6)23-39/h10-11,29-31,43-46H,12-26,40-42H2,1-9H3. The molecular formula is C39H72N6O. The van der Waals surface area contributed by atoms with E-state index in [9.17, 15) is 5.11 Å². The average Bonchev–Trinajstić information content (AvgIpc) is 2.82. The number of nitrogens with one attached hydrogen (secondary N) is 3. The molecule has 3 aliphatic rings. The highest BCUT2D eigenvalue weighted by molar-refractivity contribution is 5.45. The van der Waals surface area contributed by atoms with Crippen LogP contribution in [0.1, 0.15) is 137 Å². The summed E-state index contributed by atoms with van der Waals surface area (Å²) in [6.45, 7) is 25.9. The van der Waals surface area contributed by atoms with Crippen molar-refractivity contribution in [1.29, 1.82) is 0 Å². The number of phenols is 1. The predicted octanol–water partition coefficient (Wildman–Crippen LogP) is 6.29. The molecule has 3 aliphatic carbocycles. The lowest BCUT2D eigenvalue weighted by atomic mass is 9.63. The molecule has 3 saturated carbocycles.